The standard InChI is InChI=1S/C15H13N3O3/c1-9-10(2)17-18-15(12(9)6-16)19-7-11-3-4-13-14(5-11)21-8-20-13/h3-5H,7-8H2,1-2H3. The van der Waals surface area contributed by atoms with Crippen molar-refractivity contribution in [1.29, 1.82) is 5.26 Å². The third-order valence-corrected chi connectivity index (χ3v) is 3.35. The molecule has 2 aromatic rings. The average Bonchev–Trinajstić information content (AvgIpc) is 2.96. The van der Waals surface area contributed by atoms with Crippen molar-refractivity contribution in [3.63, 3.8) is 0 Å². The van der Waals surface area contributed by atoms with Crippen molar-refractivity contribution in [3.05, 3.63) is 40.6 Å². The molecule has 6 nitrogen and oxygen atoms in total. The number of hydrogen-bond donors (Lipinski definition) is 0. The summed E-state index contributed by atoms with van der Waals surface area (Å²) in [5, 5.41) is 17.1. The Morgan fingerprint density at radius 3 is 2.86 bits per heavy atom. The molecule has 1 aliphatic heterocycles. The van der Waals surface area contributed by atoms with Crippen LogP contribution in [-0.2, 0) is 6.61 Å². The summed E-state index contributed by atoms with van der Waals surface area (Å²) >= 11 is 0. The van der Waals surface area contributed by atoms with E-state index in [4.69, 9.17) is 14.2 Å². The summed E-state index contributed by atoms with van der Waals surface area (Å²) in [4.78, 5) is 0. The third-order valence-electron chi connectivity index (χ3n) is 3.35. The Bertz CT molecular complexity index is 738. The van der Waals surface area contributed by atoms with Gasteiger partial charge in [-0.15, -0.1) is 5.10 Å². The van der Waals surface area contributed by atoms with E-state index in [1.165, 1.54) is 0 Å². The van der Waals surface area contributed by atoms with Gasteiger partial charge in [-0.2, -0.15) is 10.4 Å². The van der Waals surface area contributed by atoms with Crippen molar-refractivity contribution < 1.29 is 14.2 Å². The fourth-order valence-electron chi connectivity index (χ4n) is 2.00. The number of aryl methyl sites for hydroxylation is 1. The van der Waals surface area contributed by atoms with E-state index in [1.807, 2.05) is 32.0 Å². The fraction of sp³-hybridized carbons (Fsp3) is 0.267. The minimum atomic E-state index is 0.237. The van der Waals surface area contributed by atoms with Crippen LogP contribution in [0.1, 0.15) is 22.4 Å². The fourth-order valence-corrected chi connectivity index (χ4v) is 2.00. The maximum absolute atomic E-state index is 9.21. The molecule has 0 amide bonds. The van der Waals surface area contributed by atoms with Gasteiger partial charge in [0.2, 0.25) is 6.79 Å². The van der Waals surface area contributed by atoms with Gasteiger partial charge in [0.1, 0.15) is 18.2 Å². The van der Waals surface area contributed by atoms with Gasteiger partial charge in [-0.05, 0) is 37.1 Å². The molecule has 0 bridgehead atoms. The van der Waals surface area contributed by atoms with Crippen LogP contribution in [0.4, 0.5) is 0 Å². The Labute approximate surface area is 121 Å². The Kier molecular flexibility index (Phi) is 3.32. The summed E-state index contributed by atoms with van der Waals surface area (Å²) in [6.45, 7) is 4.16. The van der Waals surface area contributed by atoms with E-state index >= 15 is 0 Å². The van der Waals surface area contributed by atoms with Crippen LogP contribution in [0.3, 0.4) is 0 Å². The number of aromatic nitrogens is 2. The van der Waals surface area contributed by atoms with Gasteiger partial charge in [0, 0.05) is 0 Å². The smallest absolute Gasteiger partial charge is 0.252 e. The number of nitriles is 1. The zero-order valence-electron chi connectivity index (χ0n) is 11.7. The molecule has 0 radical (unpaired) electrons. The van der Waals surface area contributed by atoms with Crippen molar-refractivity contribution in [3.8, 4) is 23.4 Å². The van der Waals surface area contributed by atoms with Crippen molar-refractivity contribution in [2.45, 2.75) is 20.5 Å². The van der Waals surface area contributed by atoms with Gasteiger partial charge >= 0.3 is 0 Å². The molecule has 0 saturated heterocycles. The molecule has 3 rings (SSSR count). The van der Waals surface area contributed by atoms with Crippen LogP contribution in [0.15, 0.2) is 18.2 Å². The molecule has 0 saturated carbocycles. The monoisotopic (exact) mass is 283 g/mol. The summed E-state index contributed by atoms with van der Waals surface area (Å²) in [6, 6.07) is 7.68. The van der Waals surface area contributed by atoms with Crippen LogP contribution < -0.4 is 14.2 Å². The van der Waals surface area contributed by atoms with Gasteiger partial charge in [-0.25, -0.2) is 0 Å². The zero-order chi connectivity index (χ0) is 14.8. The zero-order valence-corrected chi connectivity index (χ0v) is 11.7. The Balaban J connectivity index is 1.79. The summed E-state index contributed by atoms with van der Waals surface area (Å²) < 4.78 is 16.2. The molecular weight excluding hydrogens is 270 g/mol. The van der Waals surface area contributed by atoms with Crippen LogP contribution in [0.5, 0.6) is 17.4 Å². The lowest BCUT2D eigenvalue weighted by atomic mass is 10.1. The quantitative estimate of drug-likeness (QED) is 0.860. The molecule has 0 unspecified atom stereocenters. The lowest BCUT2D eigenvalue weighted by Crippen LogP contribution is -2.04. The molecule has 0 N–H and O–H groups in total. The second-order valence-corrected chi connectivity index (χ2v) is 4.68. The molecule has 0 fully saturated rings. The molecule has 106 valence electrons. The highest BCUT2D eigenvalue weighted by Gasteiger charge is 2.15. The molecule has 0 spiro atoms. The van der Waals surface area contributed by atoms with Crippen molar-refractivity contribution in [1.82, 2.24) is 10.2 Å². The maximum Gasteiger partial charge on any atom is 0.252 e. The van der Waals surface area contributed by atoms with E-state index < -0.39 is 0 Å². The second kappa shape index (κ2) is 5.29. The van der Waals surface area contributed by atoms with Gasteiger partial charge < -0.3 is 14.2 Å². The maximum atomic E-state index is 9.21. The minimum absolute atomic E-state index is 0.237. The Hall–Kier alpha value is -2.81. The SMILES string of the molecule is Cc1nnc(OCc2ccc3c(c2)OCO3)c(C#N)c1C. The van der Waals surface area contributed by atoms with Crippen LogP contribution in [-0.4, -0.2) is 17.0 Å². The number of rotatable bonds is 3. The lowest BCUT2D eigenvalue weighted by Gasteiger charge is -2.09. The minimum Gasteiger partial charge on any atom is -0.471 e. The summed E-state index contributed by atoms with van der Waals surface area (Å²) in [6.07, 6.45) is 0. The predicted octanol–water partition coefficient (Wildman–Crippen LogP) is 2.27. The molecule has 0 aliphatic carbocycles. The van der Waals surface area contributed by atoms with E-state index in [1.54, 1.807) is 0 Å². The first-order valence-corrected chi connectivity index (χ1v) is 6.44. The number of nitrogens with zero attached hydrogens (tertiary/aromatic N) is 3. The summed E-state index contributed by atoms with van der Waals surface area (Å²) in [5.74, 6) is 1.67. The number of fused-ring (bicyclic) bond motifs is 1. The van der Waals surface area contributed by atoms with Crippen molar-refractivity contribution >= 4 is 0 Å². The third kappa shape index (κ3) is 2.46. The average molecular weight is 283 g/mol. The summed E-state index contributed by atoms with van der Waals surface area (Å²) in [7, 11) is 0. The van der Waals surface area contributed by atoms with E-state index in [2.05, 4.69) is 16.3 Å². The molecule has 6 heteroatoms. The Morgan fingerprint density at radius 1 is 1.24 bits per heavy atom. The van der Waals surface area contributed by atoms with E-state index in [0.29, 0.717) is 11.3 Å². The molecule has 1 aromatic heterocycles. The van der Waals surface area contributed by atoms with E-state index in [-0.39, 0.29) is 19.3 Å². The van der Waals surface area contributed by atoms with Gasteiger partial charge in [-0.3, -0.25) is 0 Å². The van der Waals surface area contributed by atoms with Crippen LogP contribution in [0.25, 0.3) is 0 Å². The second-order valence-electron chi connectivity index (χ2n) is 4.68. The highest BCUT2D eigenvalue weighted by molar-refractivity contribution is 5.46. The van der Waals surface area contributed by atoms with Crippen molar-refractivity contribution in [2.75, 3.05) is 6.79 Å². The first-order chi connectivity index (χ1) is 10.2. The van der Waals surface area contributed by atoms with E-state index in [9.17, 15) is 5.26 Å². The van der Waals surface area contributed by atoms with Gasteiger partial charge in [0.25, 0.3) is 5.88 Å². The first-order valence-electron chi connectivity index (χ1n) is 6.44. The Morgan fingerprint density at radius 2 is 2.05 bits per heavy atom. The topological polar surface area (TPSA) is 77.3 Å². The lowest BCUT2D eigenvalue weighted by molar-refractivity contribution is 0.174. The highest BCUT2D eigenvalue weighted by Crippen LogP contribution is 2.32. The molecule has 0 atom stereocenters. The molecule has 1 aliphatic rings. The molecule has 2 heterocycles. The van der Waals surface area contributed by atoms with Gasteiger partial charge in [0.15, 0.2) is 11.5 Å². The van der Waals surface area contributed by atoms with Crippen LogP contribution in [0.2, 0.25) is 0 Å². The van der Waals surface area contributed by atoms with E-state index in [0.717, 1.165) is 22.6 Å². The van der Waals surface area contributed by atoms with Crippen LogP contribution in [0, 0.1) is 25.2 Å². The normalized spacial score (nSPS) is 12.0. The van der Waals surface area contributed by atoms with Crippen molar-refractivity contribution in [2.24, 2.45) is 0 Å². The van der Waals surface area contributed by atoms with Gasteiger partial charge in [-0.1, -0.05) is 6.07 Å². The number of benzene rings is 1. The summed E-state index contributed by atoms with van der Waals surface area (Å²) in [5.41, 5.74) is 2.83. The number of ether oxygens (including phenoxy) is 3. The largest absolute Gasteiger partial charge is 0.471 e. The predicted molar refractivity (Wildman–Crippen MR) is 73.1 cm³/mol. The first kappa shape index (κ1) is 13.2. The highest BCUT2D eigenvalue weighted by atomic mass is 16.7. The van der Waals surface area contributed by atoms with Crippen LogP contribution >= 0.6 is 0 Å². The number of hydrogen-bond acceptors (Lipinski definition) is 6. The molecule has 21 heavy (non-hydrogen) atoms. The molecular formula is C15H13N3O3. The molecule has 1 aromatic carbocycles. The van der Waals surface area contributed by atoms with Gasteiger partial charge in [0.05, 0.1) is 5.69 Å².